The van der Waals surface area contributed by atoms with Crippen molar-refractivity contribution in [1.82, 2.24) is 5.43 Å². The highest BCUT2D eigenvalue weighted by molar-refractivity contribution is 6.01. The van der Waals surface area contributed by atoms with Gasteiger partial charge in [-0.05, 0) is 56.0 Å². The summed E-state index contributed by atoms with van der Waals surface area (Å²) in [5, 5.41) is 4.32. The Morgan fingerprint density at radius 3 is 2.48 bits per heavy atom. The number of carbonyl (C=O) groups is 1. The molecule has 0 fully saturated rings. The Balaban J connectivity index is 2.02. The van der Waals surface area contributed by atoms with Crippen LogP contribution in [0.2, 0.25) is 0 Å². The molecule has 2 aromatic rings. The number of nitrogens with one attached hydrogen (secondary N) is 1. The van der Waals surface area contributed by atoms with Crippen LogP contribution in [0.25, 0.3) is 0 Å². The van der Waals surface area contributed by atoms with Crippen molar-refractivity contribution in [3.05, 3.63) is 65.2 Å². The molecule has 0 radical (unpaired) electrons. The lowest BCUT2D eigenvalue weighted by Gasteiger charge is -2.14. The summed E-state index contributed by atoms with van der Waals surface area (Å²) in [6.07, 6.45) is 1.14. The van der Waals surface area contributed by atoms with Gasteiger partial charge >= 0.3 is 0 Å². The van der Waals surface area contributed by atoms with Gasteiger partial charge in [-0.25, -0.2) is 5.43 Å². The zero-order chi connectivity index (χ0) is 18.2. The summed E-state index contributed by atoms with van der Waals surface area (Å²) in [6, 6.07) is 15.7. The smallest absolute Gasteiger partial charge is 0.280 e. The summed E-state index contributed by atoms with van der Waals surface area (Å²) in [5.41, 5.74) is 6.86. The second-order valence-electron chi connectivity index (χ2n) is 6.16. The van der Waals surface area contributed by atoms with Crippen molar-refractivity contribution < 1.29 is 9.53 Å². The highest BCUT2D eigenvalue weighted by Crippen LogP contribution is 2.17. The van der Waals surface area contributed by atoms with Gasteiger partial charge in [0.25, 0.3) is 5.91 Å². The third-order valence-corrected chi connectivity index (χ3v) is 4.06. The maximum absolute atomic E-state index is 12.3. The molecule has 1 atom stereocenters. The summed E-state index contributed by atoms with van der Waals surface area (Å²) in [5.74, 6) is 0.425. The van der Waals surface area contributed by atoms with Gasteiger partial charge in [0, 0.05) is 0 Å². The van der Waals surface area contributed by atoms with Crippen molar-refractivity contribution in [2.75, 3.05) is 0 Å². The highest BCUT2D eigenvalue weighted by atomic mass is 16.5. The molecule has 2 aromatic carbocycles. The Labute approximate surface area is 149 Å². The lowest BCUT2D eigenvalue weighted by molar-refractivity contribution is -0.127. The van der Waals surface area contributed by atoms with E-state index in [0.717, 1.165) is 29.7 Å². The van der Waals surface area contributed by atoms with Crippen molar-refractivity contribution in [3.63, 3.8) is 0 Å². The monoisotopic (exact) mass is 338 g/mol. The Bertz CT molecular complexity index is 739. The topological polar surface area (TPSA) is 50.7 Å². The van der Waals surface area contributed by atoms with E-state index in [9.17, 15) is 4.79 Å². The third kappa shape index (κ3) is 5.45. The molecule has 1 N–H and O–H groups in total. The van der Waals surface area contributed by atoms with Crippen molar-refractivity contribution in [1.29, 1.82) is 0 Å². The second kappa shape index (κ2) is 9.02. The van der Waals surface area contributed by atoms with E-state index in [0.29, 0.717) is 5.75 Å². The number of benzene rings is 2. The molecular weight excluding hydrogens is 312 g/mol. The number of nitrogens with zero attached hydrogens (tertiary/aromatic N) is 1. The van der Waals surface area contributed by atoms with Gasteiger partial charge in [0.2, 0.25) is 0 Å². The van der Waals surface area contributed by atoms with Crippen molar-refractivity contribution >= 4 is 11.6 Å². The van der Waals surface area contributed by atoms with E-state index in [1.807, 2.05) is 62.4 Å². The van der Waals surface area contributed by atoms with Gasteiger partial charge in [0.05, 0.1) is 5.71 Å². The van der Waals surface area contributed by atoms with Gasteiger partial charge < -0.3 is 4.74 Å². The number of hydrogen-bond acceptors (Lipinski definition) is 3. The van der Waals surface area contributed by atoms with Crippen molar-refractivity contribution in [2.45, 2.75) is 46.6 Å². The SMILES string of the molecule is CCC/C(=N\NC(=O)C(C)Oc1ccc(C)c(C)c1)c1ccccc1. The fraction of sp³-hybridized carbons (Fsp3) is 0.333. The largest absolute Gasteiger partial charge is 0.481 e. The molecule has 0 aliphatic heterocycles. The molecule has 0 aliphatic carbocycles. The van der Waals surface area contributed by atoms with Gasteiger partial charge in [0.15, 0.2) is 6.10 Å². The zero-order valence-electron chi connectivity index (χ0n) is 15.4. The molecule has 2 rings (SSSR count). The van der Waals surface area contributed by atoms with Gasteiger partial charge in [0.1, 0.15) is 5.75 Å². The summed E-state index contributed by atoms with van der Waals surface area (Å²) < 4.78 is 5.73. The van der Waals surface area contributed by atoms with E-state index in [-0.39, 0.29) is 5.91 Å². The fourth-order valence-electron chi connectivity index (χ4n) is 2.39. The minimum Gasteiger partial charge on any atom is -0.481 e. The summed E-state index contributed by atoms with van der Waals surface area (Å²) in [7, 11) is 0. The number of ether oxygens (including phenoxy) is 1. The molecule has 0 saturated carbocycles. The van der Waals surface area contributed by atoms with Crippen LogP contribution in [-0.4, -0.2) is 17.7 Å². The standard InChI is InChI=1S/C21H26N2O2/c1-5-9-20(18-10-7-6-8-11-18)22-23-21(24)17(4)25-19-13-12-15(2)16(3)14-19/h6-8,10-14,17H,5,9H2,1-4H3,(H,23,24)/b22-20+. The molecule has 0 aromatic heterocycles. The molecule has 0 heterocycles. The van der Waals surface area contributed by atoms with E-state index in [1.165, 1.54) is 5.56 Å². The predicted octanol–water partition coefficient (Wildman–Crippen LogP) is 4.39. The Hall–Kier alpha value is -2.62. The number of hydrazone groups is 1. The predicted molar refractivity (Wildman–Crippen MR) is 102 cm³/mol. The van der Waals surface area contributed by atoms with Gasteiger partial charge in [-0.3, -0.25) is 4.79 Å². The molecular formula is C21H26N2O2. The van der Waals surface area contributed by atoms with Crippen molar-refractivity contribution in [3.8, 4) is 5.75 Å². The number of carbonyl (C=O) groups excluding carboxylic acids is 1. The Kier molecular flexibility index (Phi) is 6.75. The lowest BCUT2D eigenvalue weighted by atomic mass is 10.1. The quantitative estimate of drug-likeness (QED) is 0.601. The first kappa shape index (κ1) is 18.7. The van der Waals surface area contributed by atoms with Crippen LogP contribution in [0.4, 0.5) is 0 Å². The summed E-state index contributed by atoms with van der Waals surface area (Å²) in [4.78, 5) is 12.3. The number of aryl methyl sites for hydroxylation is 2. The number of amides is 1. The first-order valence-corrected chi connectivity index (χ1v) is 8.67. The van der Waals surface area contributed by atoms with E-state index in [2.05, 4.69) is 17.5 Å². The average molecular weight is 338 g/mol. The minimum absolute atomic E-state index is 0.261. The summed E-state index contributed by atoms with van der Waals surface area (Å²) >= 11 is 0. The Morgan fingerprint density at radius 2 is 1.84 bits per heavy atom. The van der Waals surface area contributed by atoms with Crippen LogP contribution in [0.3, 0.4) is 0 Å². The Morgan fingerprint density at radius 1 is 1.12 bits per heavy atom. The molecule has 132 valence electrons. The van der Waals surface area contributed by atoms with Gasteiger partial charge in [-0.15, -0.1) is 0 Å². The maximum Gasteiger partial charge on any atom is 0.280 e. The van der Waals surface area contributed by atoms with E-state index in [4.69, 9.17) is 4.74 Å². The van der Waals surface area contributed by atoms with Crippen LogP contribution in [-0.2, 0) is 4.79 Å². The lowest BCUT2D eigenvalue weighted by Crippen LogP contribution is -2.34. The molecule has 0 aliphatic rings. The van der Waals surface area contributed by atoms with Crippen LogP contribution in [0, 0.1) is 13.8 Å². The number of hydrogen-bond donors (Lipinski definition) is 1. The van der Waals surface area contributed by atoms with Crippen LogP contribution < -0.4 is 10.2 Å². The van der Waals surface area contributed by atoms with Crippen LogP contribution >= 0.6 is 0 Å². The van der Waals surface area contributed by atoms with Crippen LogP contribution in [0.5, 0.6) is 5.75 Å². The van der Waals surface area contributed by atoms with E-state index < -0.39 is 6.10 Å². The molecule has 1 unspecified atom stereocenters. The third-order valence-electron chi connectivity index (χ3n) is 4.06. The molecule has 4 nitrogen and oxygen atoms in total. The molecule has 0 saturated heterocycles. The normalized spacial score (nSPS) is 12.6. The first-order valence-electron chi connectivity index (χ1n) is 8.67. The maximum atomic E-state index is 12.3. The van der Waals surface area contributed by atoms with Crippen molar-refractivity contribution in [2.24, 2.45) is 5.10 Å². The molecule has 25 heavy (non-hydrogen) atoms. The molecule has 4 heteroatoms. The highest BCUT2D eigenvalue weighted by Gasteiger charge is 2.15. The molecule has 0 spiro atoms. The van der Waals surface area contributed by atoms with Crippen LogP contribution in [0.1, 0.15) is 43.4 Å². The first-order chi connectivity index (χ1) is 12.0. The number of rotatable bonds is 7. The molecule has 1 amide bonds. The van der Waals surface area contributed by atoms with Gasteiger partial charge in [-0.2, -0.15) is 5.10 Å². The fourth-order valence-corrected chi connectivity index (χ4v) is 2.39. The minimum atomic E-state index is -0.621. The zero-order valence-corrected chi connectivity index (χ0v) is 15.4. The average Bonchev–Trinajstić information content (AvgIpc) is 2.62. The van der Waals surface area contributed by atoms with Gasteiger partial charge in [-0.1, -0.05) is 49.7 Å². The van der Waals surface area contributed by atoms with E-state index in [1.54, 1.807) is 6.92 Å². The summed E-state index contributed by atoms with van der Waals surface area (Å²) in [6.45, 7) is 7.88. The second-order valence-corrected chi connectivity index (χ2v) is 6.16. The molecule has 0 bridgehead atoms. The van der Waals surface area contributed by atoms with Crippen LogP contribution in [0.15, 0.2) is 53.6 Å². The van der Waals surface area contributed by atoms with E-state index >= 15 is 0 Å².